The lowest BCUT2D eigenvalue weighted by Gasteiger charge is -2.21. The van der Waals surface area contributed by atoms with Gasteiger partial charge in [0.1, 0.15) is 0 Å². The number of hydrogen-bond acceptors (Lipinski definition) is 4. The third-order valence-corrected chi connectivity index (χ3v) is 4.49. The van der Waals surface area contributed by atoms with E-state index in [2.05, 4.69) is 38.5 Å². The number of nitrogens with zero attached hydrogens (tertiary/aromatic N) is 1. The maximum atomic E-state index is 11.9. The van der Waals surface area contributed by atoms with E-state index in [4.69, 9.17) is 0 Å². The van der Waals surface area contributed by atoms with Crippen LogP contribution in [0, 0.1) is 0 Å². The highest BCUT2D eigenvalue weighted by atomic mass is 16.5. The normalized spacial score (nSPS) is 15.2. The molecule has 2 amide bonds. The smallest absolute Gasteiger partial charge is 0.406 e. The molecule has 0 aromatic heterocycles. The molecule has 0 radical (unpaired) electrons. The molecule has 1 saturated heterocycles. The van der Waals surface area contributed by atoms with Gasteiger partial charge in [0, 0.05) is 26.1 Å². The standard InChI is InChI=1S/C19H29N3O3/c1-25-19(24)20-11-10-18(23)21-14-16-8-4-5-9-17(16)15-22-12-6-2-3-7-13-22/h4-5,8-9H,2-3,6-7,10-15H2,1H3,(H,20,24)(H,21,23). The number of carbonyl (C=O) groups excluding carboxylic acids is 2. The maximum Gasteiger partial charge on any atom is 0.406 e. The highest BCUT2D eigenvalue weighted by molar-refractivity contribution is 5.77. The van der Waals surface area contributed by atoms with Crippen LogP contribution in [0.1, 0.15) is 43.2 Å². The zero-order chi connectivity index (χ0) is 17.9. The molecule has 1 aliphatic rings. The van der Waals surface area contributed by atoms with Crippen LogP contribution in [0.5, 0.6) is 0 Å². The van der Waals surface area contributed by atoms with E-state index in [1.165, 1.54) is 38.4 Å². The summed E-state index contributed by atoms with van der Waals surface area (Å²) in [4.78, 5) is 25.4. The Morgan fingerprint density at radius 1 is 1.04 bits per heavy atom. The van der Waals surface area contributed by atoms with E-state index in [-0.39, 0.29) is 18.9 Å². The topological polar surface area (TPSA) is 70.7 Å². The molecule has 138 valence electrons. The number of hydrogen-bond donors (Lipinski definition) is 2. The minimum atomic E-state index is -0.518. The first kappa shape index (κ1) is 19.2. The minimum Gasteiger partial charge on any atom is -0.453 e. The summed E-state index contributed by atoms with van der Waals surface area (Å²) in [6.07, 6.45) is 4.92. The van der Waals surface area contributed by atoms with Crippen molar-refractivity contribution >= 4 is 12.0 Å². The number of alkyl carbamates (subject to hydrolysis) is 1. The summed E-state index contributed by atoms with van der Waals surface area (Å²) in [6.45, 7) is 4.03. The Kier molecular flexibility index (Phi) is 8.25. The molecule has 1 heterocycles. The van der Waals surface area contributed by atoms with Gasteiger partial charge in [0.25, 0.3) is 0 Å². The molecule has 0 aliphatic carbocycles. The fourth-order valence-corrected chi connectivity index (χ4v) is 3.05. The average Bonchev–Trinajstić information content (AvgIpc) is 2.89. The van der Waals surface area contributed by atoms with E-state index in [9.17, 15) is 9.59 Å². The summed E-state index contributed by atoms with van der Waals surface area (Å²) in [5.74, 6) is -0.0824. The number of amides is 2. The fraction of sp³-hybridized carbons (Fsp3) is 0.579. The zero-order valence-corrected chi connectivity index (χ0v) is 15.1. The monoisotopic (exact) mass is 347 g/mol. The molecule has 1 aromatic rings. The van der Waals surface area contributed by atoms with Gasteiger partial charge in [0.05, 0.1) is 7.11 Å². The lowest BCUT2D eigenvalue weighted by molar-refractivity contribution is -0.121. The summed E-state index contributed by atoms with van der Waals surface area (Å²) in [5, 5.41) is 5.44. The summed E-state index contributed by atoms with van der Waals surface area (Å²) in [5.41, 5.74) is 2.43. The van der Waals surface area contributed by atoms with Crippen LogP contribution in [0.15, 0.2) is 24.3 Å². The molecule has 0 saturated carbocycles. The molecule has 0 bridgehead atoms. The van der Waals surface area contributed by atoms with Gasteiger partial charge in [-0.05, 0) is 37.1 Å². The first-order chi connectivity index (χ1) is 12.2. The van der Waals surface area contributed by atoms with Crippen LogP contribution >= 0.6 is 0 Å². The maximum absolute atomic E-state index is 11.9. The van der Waals surface area contributed by atoms with Gasteiger partial charge < -0.3 is 15.4 Å². The number of nitrogens with one attached hydrogen (secondary N) is 2. The Morgan fingerprint density at radius 2 is 1.72 bits per heavy atom. The van der Waals surface area contributed by atoms with Crippen LogP contribution in [0.3, 0.4) is 0 Å². The molecule has 1 aromatic carbocycles. The summed E-state index contributed by atoms with van der Waals surface area (Å²) in [6, 6.07) is 8.27. The van der Waals surface area contributed by atoms with Crippen molar-refractivity contribution in [1.29, 1.82) is 0 Å². The molecular weight excluding hydrogens is 318 g/mol. The predicted octanol–water partition coefficient (Wildman–Crippen LogP) is 2.42. The van der Waals surface area contributed by atoms with Crippen LogP contribution in [0.2, 0.25) is 0 Å². The van der Waals surface area contributed by atoms with E-state index in [0.29, 0.717) is 6.54 Å². The molecule has 0 atom stereocenters. The van der Waals surface area contributed by atoms with E-state index < -0.39 is 6.09 Å². The first-order valence-corrected chi connectivity index (χ1v) is 9.06. The zero-order valence-electron chi connectivity index (χ0n) is 15.1. The van der Waals surface area contributed by atoms with Gasteiger partial charge in [0.2, 0.25) is 5.91 Å². The van der Waals surface area contributed by atoms with Gasteiger partial charge in [-0.25, -0.2) is 4.79 Å². The van der Waals surface area contributed by atoms with Crippen molar-refractivity contribution in [2.45, 2.75) is 45.2 Å². The molecule has 0 spiro atoms. The Bertz CT molecular complexity index is 555. The molecule has 0 unspecified atom stereocenters. The van der Waals surface area contributed by atoms with Crippen molar-refractivity contribution in [1.82, 2.24) is 15.5 Å². The second-order valence-electron chi connectivity index (χ2n) is 6.40. The van der Waals surface area contributed by atoms with Crippen LogP contribution in [-0.2, 0) is 22.6 Å². The Balaban J connectivity index is 1.81. The number of rotatable bonds is 7. The summed E-state index contributed by atoms with van der Waals surface area (Å²) in [7, 11) is 1.30. The number of likely N-dealkylation sites (tertiary alicyclic amines) is 1. The molecule has 2 rings (SSSR count). The lowest BCUT2D eigenvalue weighted by atomic mass is 10.1. The Labute approximate surface area is 149 Å². The van der Waals surface area contributed by atoms with Gasteiger partial charge in [0.15, 0.2) is 0 Å². The minimum absolute atomic E-state index is 0.0824. The summed E-state index contributed by atoms with van der Waals surface area (Å²) >= 11 is 0. The van der Waals surface area contributed by atoms with Crippen molar-refractivity contribution in [3.05, 3.63) is 35.4 Å². The van der Waals surface area contributed by atoms with Gasteiger partial charge >= 0.3 is 6.09 Å². The number of carbonyl (C=O) groups is 2. The van der Waals surface area contributed by atoms with E-state index in [1.807, 2.05) is 6.07 Å². The fourth-order valence-electron chi connectivity index (χ4n) is 3.05. The molecule has 25 heavy (non-hydrogen) atoms. The van der Waals surface area contributed by atoms with Gasteiger partial charge in [-0.15, -0.1) is 0 Å². The second-order valence-corrected chi connectivity index (χ2v) is 6.40. The van der Waals surface area contributed by atoms with Crippen LogP contribution < -0.4 is 10.6 Å². The van der Waals surface area contributed by atoms with E-state index in [0.717, 1.165) is 25.2 Å². The van der Waals surface area contributed by atoms with Gasteiger partial charge in [-0.1, -0.05) is 37.1 Å². The Hall–Kier alpha value is -2.08. The third kappa shape index (κ3) is 7.13. The van der Waals surface area contributed by atoms with Crippen molar-refractivity contribution in [3.8, 4) is 0 Å². The van der Waals surface area contributed by atoms with Gasteiger partial charge in [-0.2, -0.15) is 0 Å². The highest BCUT2D eigenvalue weighted by Crippen LogP contribution is 2.16. The SMILES string of the molecule is COC(=O)NCCC(=O)NCc1ccccc1CN1CCCCCC1. The number of methoxy groups -OCH3 is 1. The van der Waals surface area contributed by atoms with Crippen LogP contribution in [0.4, 0.5) is 4.79 Å². The average molecular weight is 347 g/mol. The van der Waals surface area contributed by atoms with Crippen LogP contribution in [0.25, 0.3) is 0 Å². The molecule has 6 heteroatoms. The van der Waals surface area contributed by atoms with Crippen molar-refractivity contribution in [3.63, 3.8) is 0 Å². The molecule has 1 fully saturated rings. The quantitative estimate of drug-likeness (QED) is 0.795. The van der Waals surface area contributed by atoms with Gasteiger partial charge in [-0.3, -0.25) is 9.69 Å². The summed E-state index contributed by atoms with van der Waals surface area (Å²) < 4.78 is 4.47. The van der Waals surface area contributed by atoms with Crippen molar-refractivity contribution < 1.29 is 14.3 Å². The van der Waals surface area contributed by atoms with Crippen molar-refractivity contribution in [2.75, 3.05) is 26.7 Å². The lowest BCUT2D eigenvalue weighted by Crippen LogP contribution is -2.31. The highest BCUT2D eigenvalue weighted by Gasteiger charge is 2.12. The Morgan fingerprint density at radius 3 is 2.40 bits per heavy atom. The van der Waals surface area contributed by atoms with E-state index >= 15 is 0 Å². The van der Waals surface area contributed by atoms with E-state index in [1.54, 1.807) is 0 Å². The van der Waals surface area contributed by atoms with Crippen molar-refractivity contribution in [2.24, 2.45) is 0 Å². The predicted molar refractivity (Wildman–Crippen MR) is 97.1 cm³/mol. The molecule has 2 N–H and O–H groups in total. The number of benzene rings is 1. The largest absolute Gasteiger partial charge is 0.453 e. The van der Waals surface area contributed by atoms with Crippen LogP contribution in [-0.4, -0.2) is 43.6 Å². The molecular formula is C19H29N3O3. The third-order valence-electron chi connectivity index (χ3n) is 4.49. The second kappa shape index (κ2) is 10.7. The number of ether oxygens (including phenoxy) is 1. The molecule has 1 aliphatic heterocycles. The molecule has 6 nitrogen and oxygen atoms in total. The first-order valence-electron chi connectivity index (χ1n) is 9.06.